The molecule has 0 aliphatic heterocycles. The van der Waals surface area contributed by atoms with Gasteiger partial charge >= 0.3 is 15.5 Å². The Labute approximate surface area is 120 Å². The molecular formula is C10H25O6PSSi. The fraction of sp³-hybridized carbons (Fsp3) is 1.00. The van der Waals surface area contributed by atoms with Gasteiger partial charge in [0.2, 0.25) is 0 Å². The van der Waals surface area contributed by atoms with Crippen molar-refractivity contribution in [2.45, 2.75) is 39.7 Å². The Morgan fingerprint density at radius 3 is 1.84 bits per heavy atom. The van der Waals surface area contributed by atoms with Crippen molar-refractivity contribution in [1.29, 1.82) is 0 Å². The summed E-state index contributed by atoms with van der Waals surface area (Å²) in [5.41, 5.74) is 0. The Hall–Kier alpha value is 0.627. The van der Waals surface area contributed by atoms with Gasteiger partial charge in [-0.1, -0.05) is 0 Å². The van der Waals surface area contributed by atoms with E-state index in [1.807, 2.05) is 20.8 Å². The molecule has 0 heterocycles. The second kappa shape index (κ2) is 10.4. The van der Waals surface area contributed by atoms with Crippen molar-refractivity contribution < 1.29 is 28.0 Å². The predicted molar refractivity (Wildman–Crippen MR) is 78.3 cm³/mol. The summed E-state index contributed by atoms with van der Waals surface area (Å²) >= 11 is 0. The van der Waals surface area contributed by atoms with E-state index in [4.69, 9.17) is 23.1 Å². The molecular weight excluding hydrogens is 307 g/mol. The zero-order chi connectivity index (χ0) is 14.8. The van der Waals surface area contributed by atoms with E-state index in [0.717, 1.165) is 6.42 Å². The smallest absolute Gasteiger partial charge is 0.500 e. The molecule has 0 aromatic rings. The van der Waals surface area contributed by atoms with Gasteiger partial charge in [-0.15, -0.1) is 0 Å². The van der Waals surface area contributed by atoms with E-state index in [2.05, 4.69) is 0 Å². The van der Waals surface area contributed by atoms with Crippen molar-refractivity contribution in [1.82, 2.24) is 0 Å². The summed E-state index contributed by atoms with van der Waals surface area (Å²) in [5, 5.41) is 0. The Morgan fingerprint density at radius 1 is 1.00 bits per heavy atom. The maximum Gasteiger partial charge on any atom is 0.500 e. The highest BCUT2D eigenvalue weighted by Gasteiger charge is 2.39. The van der Waals surface area contributed by atoms with Crippen LogP contribution in [0.5, 0.6) is 0 Å². The Kier molecular flexibility index (Phi) is 10.7. The molecule has 0 radical (unpaired) electrons. The average Bonchev–Trinajstić information content (AvgIpc) is 2.28. The summed E-state index contributed by atoms with van der Waals surface area (Å²) in [6, 6.07) is 0.685. The lowest BCUT2D eigenvalue weighted by Crippen LogP contribution is -2.45. The summed E-state index contributed by atoms with van der Waals surface area (Å²) in [5.74, 6) is 0.430. The molecule has 6 nitrogen and oxygen atoms in total. The van der Waals surface area contributed by atoms with Gasteiger partial charge in [0.25, 0.3) is 0 Å². The van der Waals surface area contributed by atoms with Gasteiger partial charge in [-0.3, -0.25) is 0 Å². The van der Waals surface area contributed by atoms with Crippen LogP contribution in [0.3, 0.4) is 0 Å². The molecule has 0 fully saturated rings. The molecule has 0 unspecified atom stereocenters. The third kappa shape index (κ3) is 10.1. The van der Waals surface area contributed by atoms with Gasteiger partial charge in [0.05, 0.1) is 0 Å². The Morgan fingerprint density at radius 2 is 1.47 bits per heavy atom. The molecule has 0 saturated carbocycles. The van der Waals surface area contributed by atoms with Crippen LogP contribution >= 0.6 is 6.72 Å². The van der Waals surface area contributed by atoms with Gasteiger partial charge in [0, 0.05) is 32.3 Å². The van der Waals surface area contributed by atoms with Crippen molar-refractivity contribution in [2.75, 3.05) is 25.6 Å². The Balaban J connectivity index is 4.25. The molecule has 0 aliphatic carbocycles. The van der Waals surface area contributed by atoms with Crippen LogP contribution in [0.25, 0.3) is 0 Å². The molecule has 0 saturated heterocycles. The van der Waals surface area contributed by atoms with Gasteiger partial charge < -0.3 is 28.0 Å². The minimum atomic E-state index is -3.95. The highest BCUT2D eigenvalue weighted by Crippen LogP contribution is 2.25. The molecule has 0 bridgehead atoms. The molecule has 0 spiro atoms. The lowest BCUT2D eigenvalue weighted by Gasteiger charge is -2.28. The maximum absolute atomic E-state index is 10.7. The minimum Gasteiger partial charge on any atom is -0.742 e. The lowest BCUT2D eigenvalue weighted by atomic mass is 10.4. The average molecular weight is 332 g/mol. The summed E-state index contributed by atoms with van der Waals surface area (Å²) in [4.78, 5) is 28.2. The van der Waals surface area contributed by atoms with Gasteiger partial charge in [0.15, 0.2) is 16.7 Å². The normalized spacial score (nSPS) is 12.7. The van der Waals surface area contributed by atoms with Crippen LogP contribution in [-0.4, -0.2) is 44.2 Å². The van der Waals surface area contributed by atoms with Crippen LogP contribution < -0.4 is 4.89 Å². The van der Waals surface area contributed by atoms with E-state index in [-0.39, 0.29) is 0 Å². The standard InChI is InChI=1S/C10H25O6PSSi/c1-4-14-19(15-5-2,16-6-3)10-8-7-9-18-17(11,12)13/h4-10H2,1-3H3,(H2-,11,12,13). The number of rotatable bonds is 11. The number of hydrogen-bond acceptors (Lipinski definition) is 4. The molecule has 0 amide bonds. The van der Waals surface area contributed by atoms with E-state index >= 15 is 0 Å². The van der Waals surface area contributed by atoms with E-state index in [1.54, 1.807) is 0 Å². The molecule has 9 heteroatoms. The second-order valence-corrected chi connectivity index (χ2v) is 10.3. The van der Waals surface area contributed by atoms with Gasteiger partial charge in [-0.05, 0) is 27.2 Å². The van der Waals surface area contributed by atoms with Crippen LogP contribution in [-0.2, 0) is 24.2 Å². The van der Waals surface area contributed by atoms with Crippen LogP contribution in [0.1, 0.15) is 33.6 Å². The molecule has 0 aliphatic rings. The van der Waals surface area contributed by atoms with Crippen LogP contribution in [0.4, 0.5) is 0 Å². The van der Waals surface area contributed by atoms with Crippen molar-refractivity contribution >= 4 is 26.5 Å². The van der Waals surface area contributed by atoms with E-state index in [9.17, 15) is 4.89 Å². The lowest BCUT2D eigenvalue weighted by molar-refractivity contribution is -0.196. The molecule has 116 valence electrons. The van der Waals surface area contributed by atoms with Crippen molar-refractivity contribution in [3.05, 3.63) is 0 Å². The predicted octanol–water partition coefficient (Wildman–Crippen LogP) is 0.920. The second-order valence-electron chi connectivity index (χ2n) is 3.76. The van der Waals surface area contributed by atoms with Crippen molar-refractivity contribution in [3.8, 4) is 0 Å². The molecule has 0 rings (SSSR count). The van der Waals surface area contributed by atoms with Crippen molar-refractivity contribution in [2.24, 2.45) is 0 Å². The third-order valence-corrected chi connectivity index (χ3v) is 7.75. The zero-order valence-electron chi connectivity index (χ0n) is 11.8. The summed E-state index contributed by atoms with van der Waals surface area (Å²) in [6.07, 6.45) is 1.48. The summed E-state index contributed by atoms with van der Waals surface area (Å²) in [7, 11) is -1.91. The van der Waals surface area contributed by atoms with Crippen LogP contribution in [0, 0.1) is 0 Å². The molecule has 19 heavy (non-hydrogen) atoms. The Bertz CT molecular complexity index is 260. The fourth-order valence-electron chi connectivity index (χ4n) is 1.63. The maximum atomic E-state index is 10.7. The molecule has 2 N–H and O–H groups in total. The third-order valence-electron chi connectivity index (χ3n) is 2.23. The largest absolute Gasteiger partial charge is 0.742 e. The van der Waals surface area contributed by atoms with E-state index in [0.29, 0.717) is 49.0 Å². The minimum absolute atomic E-state index is 0.430. The monoisotopic (exact) mass is 332 g/mol. The van der Waals surface area contributed by atoms with Gasteiger partial charge in [-0.2, -0.15) is 0 Å². The highest BCUT2D eigenvalue weighted by molar-refractivity contribution is 8.15. The first-order valence-electron chi connectivity index (χ1n) is 6.51. The fourth-order valence-corrected chi connectivity index (χ4v) is 5.99. The molecule has 0 atom stereocenters. The van der Waals surface area contributed by atoms with Gasteiger partial charge in [0.1, 0.15) is 0 Å². The van der Waals surface area contributed by atoms with Gasteiger partial charge in [-0.25, -0.2) is 0 Å². The van der Waals surface area contributed by atoms with Crippen molar-refractivity contribution in [3.63, 3.8) is 0 Å². The summed E-state index contributed by atoms with van der Waals surface area (Å²) in [6.45, 7) is 3.40. The highest BCUT2D eigenvalue weighted by atomic mass is 32.5. The number of hydrogen-bond donors (Lipinski definition) is 2. The van der Waals surface area contributed by atoms with Crippen LogP contribution in [0.2, 0.25) is 6.04 Å². The quantitative estimate of drug-likeness (QED) is 0.253. The first-order chi connectivity index (χ1) is 8.89. The van der Waals surface area contributed by atoms with E-state index in [1.165, 1.54) is 0 Å². The topological polar surface area (TPSA) is 91.2 Å². The molecule has 0 aromatic heterocycles. The first kappa shape index (κ1) is 19.6. The number of unbranched alkanes of at least 4 members (excludes halogenated alkanes) is 1. The molecule has 0 aromatic carbocycles. The SMILES string of the molecule is CCO[Si](CCCC[S+]=P([O-])(O)O)(OCC)OCC. The first-order valence-corrected chi connectivity index (χ1v) is 11.6. The van der Waals surface area contributed by atoms with Crippen LogP contribution in [0.15, 0.2) is 0 Å². The summed E-state index contributed by atoms with van der Waals surface area (Å²) < 4.78 is 17.1. The van der Waals surface area contributed by atoms with E-state index < -0.39 is 15.5 Å². The zero-order valence-corrected chi connectivity index (χ0v) is 14.5.